The molecule has 0 unspecified atom stereocenters. The average molecular weight is 573 g/mol. The van der Waals surface area contributed by atoms with Gasteiger partial charge in [0.1, 0.15) is 17.5 Å². The van der Waals surface area contributed by atoms with E-state index < -0.39 is 17.9 Å². The van der Waals surface area contributed by atoms with Crippen LogP contribution in [-0.4, -0.2) is 68.4 Å². The predicted molar refractivity (Wildman–Crippen MR) is 150 cm³/mol. The van der Waals surface area contributed by atoms with E-state index in [1.165, 1.54) is 12.1 Å². The molecule has 1 atom stereocenters. The van der Waals surface area contributed by atoms with E-state index in [0.717, 1.165) is 47.6 Å². The normalized spacial score (nSPS) is 14.5. The van der Waals surface area contributed by atoms with Gasteiger partial charge in [-0.05, 0) is 29.3 Å². The van der Waals surface area contributed by atoms with Crippen molar-refractivity contribution in [2.45, 2.75) is 19.0 Å². The second kappa shape index (κ2) is 13.2. The molecule has 10 heteroatoms. The topological polar surface area (TPSA) is 97.3 Å². The summed E-state index contributed by atoms with van der Waals surface area (Å²) in [6, 6.07) is 14.8. The standard InChI is InChI=1S/C29H30Cl2N2O6/c1-37-24-11-10-20(17-33-12-14-39-15-13-33)27(38-2)25(24)19-8-6-18(7-9-19)16-23(29(35)36)32-28(34)26-21(30)4-3-5-22(26)31/h3-11,23H,12-17H2,1-2H3,(H,32,34)(H,35,36)/t23-/m0/s1. The number of halogens is 2. The van der Waals surface area contributed by atoms with E-state index in [-0.39, 0.29) is 22.0 Å². The first kappa shape index (κ1) is 28.7. The van der Waals surface area contributed by atoms with Crippen LogP contribution in [0.2, 0.25) is 10.0 Å². The first-order valence-corrected chi connectivity index (χ1v) is 13.2. The molecule has 1 aliphatic heterocycles. The van der Waals surface area contributed by atoms with Crippen LogP contribution >= 0.6 is 23.2 Å². The van der Waals surface area contributed by atoms with Crippen LogP contribution in [0.4, 0.5) is 0 Å². The highest BCUT2D eigenvalue weighted by atomic mass is 35.5. The van der Waals surface area contributed by atoms with Crippen LogP contribution in [0, 0.1) is 0 Å². The highest BCUT2D eigenvalue weighted by Crippen LogP contribution is 2.41. The molecule has 0 bridgehead atoms. The van der Waals surface area contributed by atoms with Gasteiger partial charge in [0.15, 0.2) is 0 Å². The molecule has 0 aliphatic carbocycles. The number of carbonyl (C=O) groups excluding carboxylic acids is 1. The summed E-state index contributed by atoms with van der Waals surface area (Å²) in [5.74, 6) is -0.436. The number of carboxylic acids is 1. The predicted octanol–water partition coefficient (Wildman–Crippen LogP) is 4.94. The minimum Gasteiger partial charge on any atom is -0.496 e. The summed E-state index contributed by atoms with van der Waals surface area (Å²) in [6.07, 6.45) is 0.0643. The number of carbonyl (C=O) groups is 2. The maximum atomic E-state index is 12.8. The quantitative estimate of drug-likeness (QED) is 0.355. The van der Waals surface area contributed by atoms with Crippen LogP contribution in [0.5, 0.6) is 11.5 Å². The number of rotatable bonds is 10. The Morgan fingerprint density at radius 3 is 2.26 bits per heavy atom. The summed E-state index contributed by atoms with van der Waals surface area (Å²) in [7, 11) is 3.25. The number of carboxylic acid groups (broad SMARTS) is 1. The van der Waals surface area contributed by atoms with Crippen molar-refractivity contribution in [3.63, 3.8) is 0 Å². The smallest absolute Gasteiger partial charge is 0.326 e. The number of ether oxygens (including phenoxy) is 3. The minimum absolute atomic E-state index is 0.0404. The lowest BCUT2D eigenvalue weighted by Crippen LogP contribution is -2.42. The van der Waals surface area contributed by atoms with Gasteiger partial charge in [-0.3, -0.25) is 9.69 Å². The molecule has 1 fully saturated rings. The van der Waals surface area contributed by atoms with Gasteiger partial charge in [0.25, 0.3) is 5.91 Å². The monoisotopic (exact) mass is 572 g/mol. The van der Waals surface area contributed by atoms with Gasteiger partial charge in [-0.15, -0.1) is 0 Å². The zero-order valence-electron chi connectivity index (χ0n) is 21.7. The van der Waals surface area contributed by atoms with Crippen molar-refractivity contribution in [2.24, 2.45) is 0 Å². The van der Waals surface area contributed by atoms with Gasteiger partial charge in [-0.25, -0.2) is 4.79 Å². The molecule has 1 aliphatic rings. The molecule has 8 nitrogen and oxygen atoms in total. The fourth-order valence-electron chi connectivity index (χ4n) is 4.60. The number of nitrogens with one attached hydrogen (secondary N) is 1. The number of amides is 1. The van der Waals surface area contributed by atoms with E-state index in [9.17, 15) is 14.7 Å². The van der Waals surface area contributed by atoms with Gasteiger partial charge >= 0.3 is 5.97 Å². The summed E-state index contributed by atoms with van der Waals surface area (Å²) in [6.45, 7) is 3.83. The third-order valence-electron chi connectivity index (χ3n) is 6.60. The molecule has 0 aromatic heterocycles. The third kappa shape index (κ3) is 6.83. The van der Waals surface area contributed by atoms with Crippen molar-refractivity contribution in [1.29, 1.82) is 0 Å². The molecule has 1 saturated heterocycles. The second-order valence-electron chi connectivity index (χ2n) is 9.09. The molecule has 3 aromatic rings. The van der Waals surface area contributed by atoms with E-state index in [0.29, 0.717) is 19.0 Å². The number of nitrogens with zero attached hydrogens (tertiary/aromatic N) is 1. The van der Waals surface area contributed by atoms with E-state index in [1.54, 1.807) is 20.3 Å². The van der Waals surface area contributed by atoms with Crippen LogP contribution in [0.1, 0.15) is 21.5 Å². The Labute approximate surface area is 237 Å². The second-order valence-corrected chi connectivity index (χ2v) is 9.90. The van der Waals surface area contributed by atoms with Crippen molar-refractivity contribution in [2.75, 3.05) is 40.5 Å². The first-order valence-electron chi connectivity index (χ1n) is 12.4. The minimum atomic E-state index is -1.18. The van der Waals surface area contributed by atoms with Gasteiger partial charge in [-0.1, -0.05) is 59.6 Å². The van der Waals surface area contributed by atoms with Crippen LogP contribution in [-0.2, 0) is 22.5 Å². The average Bonchev–Trinajstić information content (AvgIpc) is 2.93. The van der Waals surface area contributed by atoms with Gasteiger partial charge in [-0.2, -0.15) is 0 Å². The lowest BCUT2D eigenvalue weighted by Gasteiger charge is -2.28. The number of hydrogen-bond donors (Lipinski definition) is 2. The van der Waals surface area contributed by atoms with E-state index in [2.05, 4.69) is 10.2 Å². The molecular weight excluding hydrogens is 543 g/mol. The third-order valence-corrected chi connectivity index (χ3v) is 7.23. The maximum Gasteiger partial charge on any atom is 0.326 e. The maximum absolute atomic E-state index is 12.8. The van der Waals surface area contributed by atoms with Crippen molar-refractivity contribution in [3.8, 4) is 22.6 Å². The van der Waals surface area contributed by atoms with E-state index in [4.69, 9.17) is 37.4 Å². The summed E-state index contributed by atoms with van der Waals surface area (Å²) in [5.41, 5.74) is 3.47. The Morgan fingerprint density at radius 1 is 1.00 bits per heavy atom. The molecule has 0 radical (unpaired) electrons. The Bertz CT molecular complexity index is 1310. The zero-order valence-corrected chi connectivity index (χ0v) is 23.2. The van der Waals surface area contributed by atoms with E-state index >= 15 is 0 Å². The Balaban J connectivity index is 1.56. The molecule has 39 heavy (non-hydrogen) atoms. The summed E-state index contributed by atoms with van der Waals surface area (Å²) in [5, 5.41) is 12.6. The Morgan fingerprint density at radius 2 is 1.67 bits per heavy atom. The molecule has 206 valence electrons. The summed E-state index contributed by atoms with van der Waals surface area (Å²) >= 11 is 12.2. The number of hydrogen-bond acceptors (Lipinski definition) is 6. The molecular formula is C29H30Cl2N2O6. The fraction of sp³-hybridized carbons (Fsp3) is 0.310. The molecule has 0 spiro atoms. The lowest BCUT2D eigenvalue weighted by atomic mass is 9.97. The van der Waals surface area contributed by atoms with Crippen LogP contribution < -0.4 is 14.8 Å². The van der Waals surface area contributed by atoms with Crippen LogP contribution in [0.25, 0.3) is 11.1 Å². The lowest BCUT2D eigenvalue weighted by molar-refractivity contribution is -0.139. The molecule has 3 aromatic carbocycles. The van der Waals surface area contributed by atoms with Gasteiger partial charge in [0.2, 0.25) is 0 Å². The number of methoxy groups -OCH3 is 2. The Kier molecular flexibility index (Phi) is 9.69. The highest BCUT2D eigenvalue weighted by Gasteiger charge is 2.24. The van der Waals surface area contributed by atoms with Gasteiger partial charge < -0.3 is 24.6 Å². The Hall–Kier alpha value is -3.30. The number of aliphatic carboxylic acids is 1. The van der Waals surface area contributed by atoms with E-state index in [1.807, 2.05) is 36.4 Å². The highest BCUT2D eigenvalue weighted by molar-refractivity contribution is 6.39. The van der Waals surface area contributed by atoms with Crippen molar-refractivity contribution >= 4 is 35.1 Å². The van der Waals surface area contributed by atoms with Crippen molar-refractivity contribution < 1.29 is 28.9 Å². The van der Waals surface area contributed by atoms with Gasteiger partial charge in [0, 0.05) is 31.6 Å². The first-order chi connectivity index (χ1) is 18.8. The van der Waals surface area contributed by atoms with Crippen LogP contribution in [0.3, 0.4) is 0 Å². The molecule has 0 saturated carbocycles. The van der Waals surface area contributed by atoms with Gasteiger partial charge in [0.05, 0.1) is 48.6 Å². The zero-order chi connectivity index (χ0) is 27.9. The molecule has 1 heterocycles. The van der Waals surface area contributed by atoms with Crippen molar-refractivity contribution in [3.05, 3.63) is 81.3 Å². The number of benzene rings is 3. The SMILES string of the molecule is COc1ccc(CN2CCOCC2)c(OC)c1-c1ccc(C[C@H](NC(=O)c2c(Cl)cccc2Cl)C(=O)O)cc1. The largest absolute Gasteiger partial charge is 0.496 e. The molecule has 4 rings (SSSR count). The van der Waals surface area contributed by atoms with Crippen molar-refractivity contribution in [1.82, 2.24) is 10.2 Å². The summed E-state index contributed by atoms with van der Waals surface area (Å²) < 4.78 is 17.0. The summed E-state index contributed by atoms with van der Waals surface area (Å²) in [4.78, 5) is 27.1. The fourth-order valence-corrected chi connectivity index (χ4v) is 5.17. The van der Waals surface area contributed by atoms with Crippen LogP contribution in [0.15, 0.2) is 54.6 Å². The molecule has 1 amide bonds. The number of morpholine rings is 1. The molecule has 2 N–H and O–H groups in total.